The van der Waals surface area contributed by atoms with Gasteiger partial charge in [0.15, 0.2) is 11.3 Å². The van der Waals surface area contributed by atoms with Crippen molar-refractivity contribution in [3.8, 4) is 0 Å². The lowest BCUT2D eigenvalue weighted by Gasteiger charge is -2.39. The Morgan fingerprint density at radius 3 is 2.93 bits per heavy atom. The van der Waals surface area contributed by atoms with Gasteiger partial charge in [0, 0.05) is 12.7 Å². The second-order valence-corrected chi connectivity index (χ2v) is 4.28. The molecular formula is C11H12ClNO. The molecule has 2 rings (SSSR count). The summed E-state index contributed by atoms with van der Waals surface area (Å²) < 4.78 is 0. The quantitative estimate of drug-likeness (QED) is 0.402. The van der Waals surface area contributed by atoms with E-state index in [1.165, 1.54) is 5.56 Å². The van der Waals surface area contributed by atoms with Gasteiger partial charge in [-0.25, -0.2) is 0 Å². The molecule has 1 unspecified atom stereocenters. The molecule has 3 heteroatoms. The van der Waals surface area contributed by atoms with Crippen molar-refractivity contribution < 1.29 is 4.79 Å². The standard InChI is InChI=1S/C11H12ClNO/c1-13-10-5-3-2-4-9(10)6-7-11(13,12)8-14/h2-5,8H,6-7H2,1H3. The topological polar surface area (TPSA) is 20.3 Å². The van der Waals surface area contributed by atoms with Gasteiger partial charge in [0.05, 0.1) is 0 Å². The Morgan fingerprint density at radius 1 is 1.50 bits per heavy atom. The van der Waals surface area contributed by atoms with Gasteiger partial charge >= 0.3 is 0 Å². The predicted octanol–water partition coefficient (Wildman–Crippen LogP) is 2.20. The van der Waals surface area contributed by atoms with Crippen molar-refractivity contribution in [1.82, 2.24) is 0 Å². The Labute approximate surface area is 88.5 Å². The van der Waals surface area contributed by atoms with E-state index in [4.69, 9.17) is 11.6 Å². The number of carbonyl (C=O) groups is 1. The number of aryl methyl sites for hydroxylation is 1. The van der Waals surface area contributed by atoms with E-state index < -0.39 is 5.00 Å². The zero-order chi connectivity index (χ0) is 10.2. The molecule has 0 saturated heterocycles. The molecular weight excluding hydrogens is 198 g/mol. The van der Waals surface area contributed by atoms with Crippen molar-refractivity contribution in [2.45, 2.75) is 17.8 Å². The lowest BCUT2D eigenvalue weighted by Crippen LogP contribution is -2.46. The number of hydrogen-bond acceptors (Lipinski definition) is 2. The molecule has 0 N–H and O–H groups in total. The molecule has 0 aliphatic carbocycles. The minimum absolute atomic E-state index is 0.672. The largest absolute Gasteiger partial charge is 0.350 e. The van der Waals surface area contributed by atoms with Gasteiger partial charge < -0.3 is 4.90 Å². The molecule has 0 radical (unpaired) electrons. The average molecular weight is 210 g/mol. The van der Waals surface area contributed by atoms with Gasteiger partial charge in [0.25, 0.3) is 0 Å². The van der Waals surface area contributed by atoms with Crippen LogP contribution in [0.3, 0.4) is 0 Å². The van der Waals surface area contributed by atoms with Crippen LogP contribution in [0.5, 0.6) is 0 Å². The van der Waals surface area contributed by atoms with Crippen LogP contribution in [0.15, 0.2) is 24.3 Å². The molecule has 1 aromatic carbocycles. The number of fused-ring (bicyclic) bond motifs is 1. The van der Waals surface area contributed by atoms with Crippen LogP contribution < -0.4 is 4.90 Å². The number of halogens is 1. The fourth-order valence-corrected chi connectivity index (χ4v) is 2.05. The zero-order valence-electron chi connectivity index (χ0n) is 8.03. The van der Waals surface area contributed by atoms with E-state index in [1.807, 2.05) is 30.1 Å². The third-order valence-corrected chi connectivity index (χ3v) is 3.37. The molecule has 1 aliphatic heterocycles. The number of rotatable bonds is 1. The van der Waals surface area contributed by atoms with Gasteiger partial charge in [0.2, 0.25) is 0 Å². The number of aldehydes is 1. The molecule has 0 aromatic heterocycles. The van der Waals surface area contributed by atoms with Crippen LogP contribution in [0.2, 0.25) is 0 Å². The fraction of sp³-hybridized carbons (Fsp3) is 0.364. The third-order valence-electron chi connectivity index (χ3n) is 2.84. The smallest absolute Gasteiger partial charge is 0.171 e. The molecule has 0 bridgehead atoms. The molecule has 2 nitrogen and oxygen atoms in total. The minimum Gasteiger partial charge on any atom is -0.350 e. The molecule has 0 spiro atoms. The van der Waals surface area contributed by atoms with Gasteiger partial charge in [-0.15, -0.1) is 0 Å². The first-order valence-corrected chi connectivity index (χ1v) is 5.02. The summed E-state index contributed by atoms with van der Waals surface area (Å²) in [4.78, 5) is 11.9. The molecule has 1 heterocycles. The van der Waals surface area contributed by atoms with Crippen LogP contribution in [0.25, 0.3) is 0 Å². The van der Waals surface area contributed by atoms with E-state index in [2.05, 4.69) is 6.07 Å². The monoisotopic (exact) mass is 209 g/mol. The average Bonchev–Trinajstić information content (AvgIpc) is 2.24. The SMILES string of the molecule is CN1c2ccccc2CCC1(Cl)C=O. The lowest BCUT2D eigenvalue weighted by molar-refractivity contribution is -0.110. The summed E-state index contributed by atoms with van der Waals surface area (Å²) in [5.74, 6) is 0. The van der Waals surface area contributed by atoms with E-state index in [-0.39, 0.29) is 0 Å². The van der Waals surface area contributed by atoms with E-state index in [0.717, 1.165) is 18.4 Å². The number of likely N-dealkylation sites (N-methyl/N-ethyl adjacent to an activating group) is 1. The number of para-hydroxylation sites is 1. The molecule has 0 amide bonds. The summed E-state index contributed by atoms with van der Waals surface area (Å²) in [5, 5.41) is 0. The van der Waals surface area contributed by atoms with Crippen LogP contribution in [0, 0.1) is 0 Å². The van der Waals surface area contributed by atoms with Crippen LogP contribution >= 0.6 is 11.6 Å². The highest BCUT2D eigenvalue weighted by Gasteiger charge is 2.36. The van der Waals surface area contributed by atoms with E-state index in [1.54, 1.807) is 0 Å². The van der Waals surface area contributed by atoms with Crippen molar-refractivity contribution in [1.29, 1.82) is 0 Å². The van der Waals surface area contributed by atoms with Crippen molar-refractivity contribution >= 4 is 23.6 Å². The summed E-state index contributed by atoms with van der Waals surface area (Å²) in [5.41, 5.74) is 2.31. The molecule has 1 aromatic rings. The van der Waals surface area contributed by atoms with E-state index >= 15 is 0 Å². The first-order valence-electron chi connectivity index (χ1n) is 4.64. The summed E-state index contributed by atoms with van der Waals surface area (Å²) in [7, 11) is 1.86. The van der Waals surface area contributed by atoms with Crippen LogP contribution in [-0.2, 0) is 11.2 Å². The Balaban J connectivity index is 2.46. The Kier molecular flexibility index (Phi) is 2.23. The molecule has 14 heavy (non-hydrogen) atoms. The maximum absolute atomic E-state index is 10.9. The van der Waals surface area contributed by atoms with Crippen molar-refractivity contribution in [3.63, 3.8) is 0 Å². The van der Waals surface area contributed by atoms with Crippen LogP contribution in [0.4, 0.5) is 5.69 Å². The summed E-state index contributed by atoms with van der Waals surface area (Å²) in [6, 6.07) is 8.04. The van der Waals surface area contributed by atoms with Crippen LogP contribution in [0.1, 0.15) is 12.0 Å². The number of carbonyl (C=O) groups excluding carboxylic acids is 1. The Bertz CT molecular complexity index is 366. The Hall–Kier alpha value is -1.02. The number of hydrogen-bond donors (Lipinski definition) is 0. The highest BCUT2D eigenvalue weighted by atomic mass is 35.5. The fourth-order valence-electron chi connectivity index (χ4n) is 1.87. The summed E-state index contributed by atoms with van der Waals surface area (Å²) in [6.45, 7) is 0. The molecule has 0 fully saturated rings. The number of nitrogens with zero attached hydrogens (tertiary/aromatic N) is 1. The van der Waals surface area contributed by atoms with Crippen molar-refractivity contribution in [3.05, 3.63) is 29.8 Å². The van der Waals surface area contributed by atoms with Crippen molar-refractivity contribution in [2.75, 3.05) is 11.9 Å². The summed E-state index contributed by atoms with van der Waals surface area (Å²) >= 11 is 6.20. The maximum Gasteiger partial charge on any atom is 0.171 e. The van der Waals surface area contributed by atoms with Crippen LogP contribution in [-0.4, -0.2) is 18.3 Å². The van der Waals surface area contributed by atoms with Gasteiger partial charge in [-0.05, 0) is 24.5 Å². The van der Waals surface area contributed by atoms with Gasteiger partial charge in [-0.3, -0.25) is 4.79 Å². The van der Waals surface area contributed by atoms with Gasteiger partial charge in [0.1, 0.15) is 0 Å². The second kappa shape index (κ2) is 3.28. The first-order chi connectivity index (χ1) is 6.67. The second-order valence-electron chi connectivity index (χ2n) is 3.62. The van der Waals surface area contributed by atoms with Gasteiger partial charge in [-0.1, -0.05) is 29.8 Å². The molecule has 1 aliphatic rings. The third kappa shape index (κ3) is 1.30. The molecule has 1 atom stereocenters. The first kappa shape index (κ1) is 9.53. The molecule has 74 valence electrons. The van der Waals surface area contributed by atoms with E-state index in [0.29, 0.717) is 6.42 Å². The maximum atomic E-state index is 10.9. The number of alkyl halides is 1. The number of anilines is 1. The van der Waals surface area contributed by atoms with Crippen molar-refractivity contribution in [2.24, 2.45) is 0 Å². The highest BCUT2D eigenvalue weighted by molar-refractivity contribution is 6.33. The summed E-state index contributed by atoms with van der Waals surface area (Å²) in [6.07, 6.45) is 2.36. The predicted molar refractivity (Wildman–Crippen MR) is 57.8 cm³/mol. The minimum atomic E-state index is -0.853. The normalized spacial score (nSPS) is 25.7. The van der Waals surface area contributed by atoms with E-state index in [9.17, 15) is 4.79 Å². The van der Waals surface area contributed by atoms with Gasteiger partial charge in [-0.2, -0.15) is 0 Å². The Morgan fingerprint density at radius 2 is 2.21 bits per heavy atom. The number of benzene rings is 1. The highest BCUT2D eigenvalue weighted by Crippen LogP contribution is 2.36. The lowest BCUT2D eigenvalue weighted by atomic mass is 9.97. The molecule has 0 saturated carbocycles. The zero-order valence-corrected chi connectivity index (χ0v) is 8.79.